The van der Waals surface area contributed by atoms with Crippen LogP contribution in [0.1, 0.15) is 29.3 Å². The summed E-state index contributed by atoms with van der Waals surface area (Å²) in [7, 11) is 0. The quantitative estimate of drug-likeness (QED) is 0.337. The first kappa shape index (κ1) is 18.8. The van der Waals surface area contributed by atoms with E-state index >= 15 is 0 Å². The van der Waals surface area contributed by atoms with Gasteiger partial charge in [-0.1, -0.05) is 23.2 Å². The van der Waals surface area contributed by atoms with Gasteiger partial charge in [0.15, 0.2) is 6.10 Å². The average Bonchev–Trinajstić information content (AvgIpc) is 3.11. The number of benzene rings is 2. The fraction of sp³-hybridized carbons (Fsp3) is 0.118. The number of nitro groups is 1. The first-order chi connectivity index (χ1) is 12.8. The molecule has 138 valence electrons. The Balaban J connectivity index is 1.73. The van der Waals surface area contributed by atoms with E-state index < -0.39 is 17.0 Å². The first-order valence-electron chi connectivity index (χ1n) is 7.59. The summed E-state index contributed by atoms with van der Waals surface area (Å²) < 4.78 is 10.8. The van der Waals surface area contributed by atoms with E-state index in [1.807, 2.05) is 0 Å². The third kappa shape index (κ3) is 4.42. The summed E-state index contributed by atoms with van der Waals surface area (Å²) in [5, 5.41) is 19.0. The molecule has 2 aromatic carbocycles. The van der Waals surface area contributed by atoms with Gasteiger partial charge in [-0.05, 0) is 37.3 Å². The minimum absolute atomic E-state index is 0.0547. The predicted molar refractivity (Wildman–Crippen MR) is 96.7 cm³/mol. The molecule has 0 aliphatic heterocycles. The Morgan fingerprint density at radius 1 is 1.15 bits per heavy atom. The number of nitrogens with zero attached hydrogens (tertiary/aromatic N) is 3. The lowest BCUT2D eigenvalue weighted by Gasteiger charge is -2.09. The smallest absolute Gasteiger partial charge is 0.339 e. The normalized spacial score (nSPS) is 11.8. The molecule has 0 N–H and O–H groups in total. The number of carbonyl (C=O) groups excluding carboxylic acids is 1. The van der Waals surface area contributed by atoms with Crippen molar-refractivity contribution in [3.63, 3.8) is 0 Å². The molecule has 8 nitrogen and oxygen atoms in total. The summed E-state index contributed by atoms with van der Waals surface area (Å²) in [6.07, 6.45) is -0.824. The van der Waals surface area contributed by atoms with Crippen LogP contribution in [0.3, 0.4) is 0 Å². The van der Waals surface area contributed by atoms with Crippen molar-refractivity contribution >= 4 is 34.9 Å². The molecule has 1 aromatic heterocycles. The number of aromatic nitrogens is 2. The van der Waals surface area contributed by atoms with Crippen LogP contribution in [0.5, 0.6) is 0 Å². The van der Waals surface area contributed by atoms with E-state index in [9.17, 15) is 14.9 Å². The zero-order valence-corrected chi connectivity index (χ0v) is 15.3. The van der Waals surface area contributed by atoms with Gasteiger partial charge in [0, 0.05) is 27.7 Å². The van der Waals surface area contributed by atoms with Crippen LogP contribution in [-0.4, -0.2) is 21.1 Å². The van der Waals surface area contributed by atoms with Gasteiger partial charge in [0.1, 0.15) is 0 Å². The fourth-order valence-corrected chi connectivity index (χ4v) is 2.72. The van der Waals surface area contributed by atoms with Crippen molar-refractivity contribution in [2.45, 2.75) is 13.0 Å². The summed E-state index contributed by atoms with van der Waals surface area (Å²) in [5.41, 5.74) is 0.634. The third-order valence-electron chi connectivity index (χ3n) is 3.50. The van der Waals surface area contributed by atoms with Gasteiger partial charge in [-0.3, -0.25) is 10.1 Å². The van der Waals surface area contributed by atoms with E-state index in [1.54, 1.807) is 6.92 Å². The van der Waals surface area contributed by atoms with Gasteiger partial charge < -0.3 is 9.15 Å². The Bertz CT molecular complexity index is 984. The van der Waals surface area contributed by atoms with Gasteiger partial charge in [-0.15, -0.1) is 10.2 Å². The number of halogens is 2. The summed E-state index contributed by atoms with van der Waals surface area (Å²) in [5.74, 6) is -0.430. The van der Waals surface area contributed by atoms with Crippen LogP contribution >= 0.6 is 23.2 Å². The van der Waals surface area contributed by atoms with E-state index in [1.165, 1.54) is 42.5 Å². The molecule has 0 bridgehead atoms. The van der Waals surface area contributed by atoms with Crippen molar-refractivity contribution in [3.05, 3.63) is 74.1 Å². The molecule has 1 heterocycles. The fourth-order valence-electron chi connectivity index (χ4n) is 2.19. The summed E-state index contributed by atoms with van der Waals surface area (Å²) in [6.45, 7) is 1.57. The highest BCUT2D eigenvalue weighted by Gasteiger charge is 2.21. The summed E-state index contributed by atoms with van der Waals surface area (Å²) in [4.78, 5) is 22.4. The highest BCUT2D eigenvalue weighted by atomic mass is 35.5. The average molecular weight is 408 g/mol. The third-order valence-corrected chi connectivity index (χ3v) is 3.93. The molecule has 0 aliphatic carbocycles. The summed E-state index contributed by atoms with van der Waals surface area (Å²) >= 11 is 11.7. The van der Waals surface area contributed by atoms with Crippen LogP contribution in [0.2, 0.25) is 10.0 Å². The van der Waals surface area contributed by atoms with Gasteiger partial charge in [0.2, 0.25) is 5.89 Å². The lowest BCUT2D eigenvalue weighted by Crippen LogP contribution is -2.09. The molecule has 1 atom stereocenters. The molecule has 0 radical (unpaired) electrons. The van der Waals surface area contributed by atoms with Crippen molar-refractivity contribution in [1.29, 1.82) is 0 Å². The number of hydrogen-bond donors (Lipinski definition) is 0. The topological polar surface area (TPSA) is 108 Å². The molecular weight excluding hydrogens is 397 g/mol. The van der Waals surface area contributed by atoms with Gasteiger partial charge in [-0.2, -0.15) is 0 Å². The van der Waals surface area contributed by atoms with E-state index in [0.29, 0.717) is 15.6 Å². The van der Waals surface area contributed by atoms with Crippen LogP contribution in [-0.2, 0) is 4.74 Å². The van der Waals surface area contributed by atoms with Gasteiger partial charge in [0.05, 0.1) is 10.5 Å². The highest BCUT2D eigenvalue weighted by Crippen LogP contribution is 2.26. The van der Waals surface area contributed by atoms with Crippen LogP contribution in [0.4, 0.5) is 5.69 Å². The summed E-state index contributed by atoms with van der Waals surface area (Å²) in [6, 6.07) is 9.98. The van der Waals surface area contributed by atoms with Crippen molar-refractivity contribution in [2.24, 2.45) is 0 Å². The minimum atomic E-state index is -0.824. The van der Waals surface area contributed by atoms with Crippen molar-refractivity contribution in [1.82, 2.24) is 10.2 Å². The van der Waals surface area contributed by atoms with Gasteiger partial charge in [0.25, 0.3) is 11.6 Å². The number of carbonyl (C=O) groups is 1. The molecule has 0 spiro atoms. The van der Waals surface area contributed by atoms with Crippen LogP contribution in [0, 0.1) is 10.1 Å². The maximum atomic E-state index is 12.2. The Kier molecular flexibility index (Phi) is 5.38. The zero-order chi connectivity index (χ0) is 19.6. The molecule has 0 aliphatic rings. The van der Waals surface area contributed by atoms with E-state index in [2.05, 4.69) is 10.2 Å². The lowest BCUT2D eigenvalue weighted by molar-refractivity contribution is -0.384. The molecule has 0 saturated carbocycles. The van der Waals surface area contributed by atoms with Crippen molar-refractivity contribution in [2.75, 3.05) is 0 Å². The standard InChI is InChI=1S/C17H11Cl2N3O5/c1-9(26-17(23)11-6-12(18)8-13(19)7-11)15-20-21-16(27-15)10-2-4-14(5-3-10)22(24)25/h2-9H,1H3/t9-/m0/s1. The zero-order valence-electron chi connectivity index (χ0n) is 13.8. The maximum Gasteiger partial charge on any atom is 0.339 e. The Hall–Kier alpha value is -2.97. The molecule has 10 heteroatoms. The Morgan fingerprint density at radius 3 is 2.37 bits per heavy atom. The van der Waals surface area contributed by atoms with Gasteiger partial charge >= 0.3 is 5.97 Å². The van der Waals surface area contributed by atoms with Crippen LogP contribution in [0.25, 0.3) is 11.5 Å². The molecule has 0 unspecified atom stereocenters. The van der Waals surface area contributed by atoms with Crippen molar-refractivity contribution in [3.8, 4) is 11.5 Å². The molecule has 3 rings (SSSR count). The first-order valence-corrected chi connectivity index (χ1v) is 8.34. The minimum Gasteiger partial charge on any atom is -0.449 e. The molecule has 27 heavy (non-hydrogen) atoms. The van der Waals surface area contributed by atoms with Crippen LogP contribution < -0.4 is 0 Å². The molecular formula is C17H11Cl2N3O5. The maximum absolute atomic E-state index is 12.2. The number of esters is 1. The second kappa shape index (κ2) is 7.73. The lowest BCUT2D eigenvalue weighted by atomic mass is 10.2. The molecule has 0 fully saturated rings. The predicted octanol–water partition coefficient (Wildman–Crippen LogP) is 4.87. The second-order valence-electron chi connectivity index (χ2n) is 5.46. The second-order valence-corrected chi connectivity index (χ2v) is 6.33. The van der Waals surface area contributed by atoms with E-state index in [-0.39, 0.29) is 23.0 Å². The van der Waals surface area contributed by atoms with E-state index in [4.69, 9.17) is 32.4 Å². The number of nitro benzene ring substituents is 1. The molecule has 0 amide bonds. The number of non-ortho nitro benzene ring substituents is 1. The largest absolute Gasteiger partial charge is 0.449 e. The number of ether oxygens (including phenoxy) is 1. The highest BCUT2D eigenvalue weighted by molar-refractivity contribution is 6.35. The number of rotatable bonds is 5. The number of hydrogen-bond acceptors (Lipinski definition) is 7. The van der Waals surface area contributed by atoms with Crippen molar-refractivity contribution < 1.29 is 18.9 Å². The Morgan fingerprint density at radius 2 is 1.78 bits per heavy atom. The molecule has 3 aromatic rings. The van der Waals surface area contributed by atoms with Gasteiger partial charge in [-0.25, -0.2) is 4.79 Å². The van der Waals surface area contributed by atoms with Crippen LogP contribution in [0.15, 0.2) is 46.9 Å². The van der Waals surface area contributed by atoms with E-state index in [0.717, 1.165) is 0 Å². The Labute approximate surface area is 162 Å². The monoisotopic (exact) mass is 407 g/mol. The molecule has 0 saturated heterocycles. The SMILES string of the molecule is C[C@H](OC(=O)c1cc(Cl)cc(Cl)c1)c1nnc(-c2ccc([N+](=O)[O-])cc2)o1.